The molecule has 0 saturated carbocycles. The van der Waals surface area contributed by atoms with Crippen LogP contribution in [0.4, 0.5) is 0 Å². The van der Waals surface area contributed by atoms with Crippen molar-refractivity contribution in [2.45, 2.75) is 26.3 Å². The summed E-state index contributed by atoms with van der Waals surface area (Å²) in [4.78, 5) is 6.20. The van der Waals surface area contributed by atoms with E-state index in [0.717, 1.165) is 30.7 Å². The van der Waals surface area contributed by atoms with Gasteiger partial charge in [-0.3, -0.25) is 0 Å². The first-order chi connectivity index (χ1) is 10.2. The highest BCUT2D eigenvalue weighted by atomic mass is 127. The third-order valence-corrected chi connectivity index (χ3v) is 5.44. The SMILES string of the molecule is CCc1ccsc1Cn1c(CCCl)nc2cc(I)ccc21. The topological polar surface area (TPSA) is 17.8 Å². The van der Waals surface area contributed by atoms with Crippen molar-refractivity contribution in [1.82, 2.24) is 9.55 Å². The van der Waals surface area contributed by atoms with Gasteiger partial charge in [0.15, 0.2) is 0 Å². The fourth-order valence-corrected chi connectivity index (χ4v) is 4.18. The van der Waals surface area contributed by atoms with E-state index >= 15 is 0 Å². The summed E-state index contributed by atoms with van der Waals surface area (Å²) in [5.74, 6) is 1.68. The first-order valence-corrected chi connectivity index (χ1v) is 9.48. The number of rotatable bonds is 5. The van der Waals surface area contributed by atoms with Gasteiger partial charge in [-0.15, -0.1) is 22.9 Å². The predicted octanol–water partition coefficient (Wildman–Crippen LogP) is 5.09. The van der Waals surface area contributed by atoms with Gasteiger partial charge < -0.3 is 4.57 Å². The van der Waals surface area contributed by atoms with E-state index in [1.807, 2.05) is 11.3 Å². The first-order valence-electron chi connectivity index (χ1n) is 6.98. The van der Waals surface area contributed by atoms with Crippen LogP contribution in [0.3, 0.4) is 0 Å². The molecular weight excluding hydrogens is 415 g/mol. The number of thiophene rings is 1. The Morgan fingerprint density at radius 3 is 2.95 bits per heavy atom. The molecule has 3 rings (SSSR count). The lowest BCUT2D eigenvalue weighted by Gasteiger charge is -2.09. The number of aryl methyl sites for hydroxylation is 2. The highest BCUT2D eigenvalue weighted by molar-refractivity contribution is 14.1. The molecule has 0 bridgehead atoms. The lowest BCUT2D eigenvalue weighted by atomic mass is 10.2. The summed E-state index contributed by atoms with van der Waals surface area (Å²) >= 11 is 10.1. The summed E-state index contributed by atoms with van der Waals surface area (Å²) in [6.07, 6.45) is 1.88. The average Bonchev–Trinajstić information content (AvgIpc) is 3.04. The van der Waals surface area contributed by atoms with E-state index in [4.69, 9.17) is 16.6 Å². The summed E-state index contributed by atoms with van der Waals surface area (Å²) in [6, 6.07) is 8.67. The van der Waals surface area contributed by atoms with Crippen molar-refractivity contribution in [3.05, 3.63) is 49.5 Å². The van der Waals surface area contributed by atoms with Gasteiger partial charge in [0.05, 0.1) is 17.6 Å². The van der Waals surface area contributed by atoms with Gasteiger partial charge in [-0.05, 0) is 64.2 Å². The average molecular weight is 431 g/mol. The third-order valence-electron chi connectivity index (χ3n) is 3.63. The number of alkyl halides is 1. The molecular formula is C16H16ClIN2S. The third kappa shape index (κ3) is 3.12. The maximum absolute atomic E-state index is 5.96. The highest BCUT2D eigenvalue weighted by Gasteiger charge is 2.13. The van der Waals surface area contributed by atoms with Crippen molar-refractivity contribution in [2.75, 3.05) is 5.88 Å². The summed E-state index contributed by atoms with van der Waals surface area (Å²) in [6.45, 7) is 3.10. The van der Waals surface area contributed by atoms with Gasteiger partial charge in [-0.2, -0.15) is 0 Å². The molecule has 0 atom stereocenters. The minimum absolute atomic E-state index is 0.603. The second-order valence-electron chi connectivity index (χ2n) is 4.91. The Kier molecular flexibility index (Phi) is 4.86. The van der Waals surface area contributed by atoms with Gasteiger partial charge in [0.1, 0.15) is 5.82 Å². The van der Waals surface area contributed by atoms with Crippen molar-refractivity contribution >= 4 is 56.6 Å². The predicted molar refractivity (Wildman–Crippen MR) is 99.7 cm³/mol. The minimum atomic E-state index is 0.603. The molecule has 0 N–H and O–H groups in total. The number of imidazole rings is 1. The van der Waals surface area contributed by atoms with Gasteiger partial charge in [0, 0.05) is 20.7 Å². The largest absolute Gasteiger partial charge is 0.323 e. The molecule has 2 aromatic heterocycles. The van der Waals surface area contributed by atoms with Crippen molar-refractivity contribution < 1.29 is 0 Å². The zero-order valence-corrected chi connectivity index (χ0v) is 15.5. The van der Waals surface area contributed by atoms with Crippen molar-refractivity contribution in [2.24, 2.45) is 0 Å². The number of aromatic nitrogens is 2. The molecule has 5 heteroatoms. The van der Waals surface area contributed by atoms with E-state index < -0.39 is 0 Å². The second-order valence-corrected chi connectivity index (χ2v) is 7.53. The zero-order valence-electron chi connectivity index (χ0n) is 11.8. The van der Waals surface area contributed by atoms with Crippen molar-refractivity contribution in [3.8, 4) is 0 Å². The summed E-state index contributed by atoms with van der Waals surface area (Å²) in [7, 11) is 0. The highest BCUT2D eigenvalue weighted by Crippen LogP contribution is 2.24. The van der Waals surface area contributed by atoms with E-state index in [1.54, 1.807) is 0 Å². The summed E-state index contributed by atoms with van der Waals surface area (Å²) in [5, 5.41) is 2.18. The van der Waals surface area contributed by atoms with Crippen LogP contribution in [0.15, 0.2) is 29.6 Å². The molecule has 3 aromatic rings. The van der Waals surface area contributed by atoms with Crippen LogP contribution in [0.1, 0.15) is 23.2 Å². The van der Waals surface area contributed by atoms with Crippen LogP contribution in [0.5, 0.6) is 0 Å². The molecule has 2 heterocycles. The maximum atomic E-state index is 5.96. The summed E-state index contributed by atoms with van der Waals surface area (Å²) < 4.78 is 3.53. The number of benzene rings is 1. The Hall–Kier alpha value is -0.590. The van der Waals surface area contributed by atoms with Crippen LogP contribution in [-0.2, 0) is 19.4 Å². The van der Waals surface area contributed by atoms with Crippen LogP contribution >= 0.6 is 45.5 Å². The first kappa shape index (κ1) is 15.3. The van der Waals surface area contributed by atoms with E-state index in [0.29, 0.717) is 5.88 Å². The maximum Gasteiger partial charge on any atom is 0.111 e. The van der Waals surface area contributed by atoms with E-state index in [-0.39, 0.29) is 0 Å². The molecule has 0 radical (unpaired) electrons. The van der Waals surface area contributed by atoms with E-state index in [9.17, 15) is 0 Å². The Morgan fingerprint density at radius 2 is 2.19 bits per heavy atom. The molecule has 0 aliphatic carbocycles. The molecule has 1 aromatic carbocycles. The van der Waals surface area contributed by atoms with Gasteiger partial charge in [-0.25, -0.2) is 4.98 Å². The minimum Gasteiger partial charge on any atom is -0.323 e. The van der Waals surface area contributed by atoms with Crippen LogP contribution in [0, 0.1) is 3.57 Å². The smallest absolute Gasteiger partial charge is 0.111 e. The Labute approximate surface area is 147 Å². The molecule has 110 valence electrons. The van der Waals surface area contributed by atoms with Crippen LogP contribution < -0.4 is 0 Å². The summed E-state index contributed by atoms with van der Waals surface area (Å²) in [5.41, 5.74) is 3.70. The Bertz CT molecular complexity index is 763. The number of fused-ring (bicyclic) bond motifs is 1. The quantitative estimate of drug-likeness (QED) is 0.407. The van der Waals surface area contributed by atoms with Gasteiger partial charge in [0.2, 0.25) is 0 Å². The van der Waals surface area contributed by atoms with Gasteiger partial charge in [-0.1, -0.05) is 6.92 Å². The lowest BCUT2D eigenvalue weighted by molar-refractivity contribution is 0.758. The number of hydrogen-bond acceptors (Lipinski definition) is 2. The van der Waals surface area contributed by atoms with Crippen molar-refractivity contribution in [3.63, 3.8) is 0 Å². The fourth-order valence-electron chi connectivity index (χ4n) is 2.57. The standard InChI is InChI=1S/C16H16ClIN2S/c1-2-11-6-8-21-15(11)10-20-14-4-3-12(18)9-13(14)19-16(20)5-7-17/h3-4,6,8-9H,2,5,7,10H2,1H3. The number of hydrogen-bond donors (Lipinski definition) is 0. The molecule has 0 amide bonds. The molecule has 0 aliphatic rings. The molecule has 0 saturated heterocycles. The van der Waals surface area contributed by atoms with Crippen molar-refractivity contribution in [1.29, 1.82) is 0 Å². The number of halogens is 2. The Morgan fingerprint density at radius 1 is 1.33 bits per heavy atom. The normalized spacial score (nSPS) is 11.4. The molecule has 0 fully saturated rings. The van der Waals surface area contributed by atoms with Crippen LogP contribution in [0.2, 0.25) is 0 Å². The Balaban J connectivity index is 2.08. The molecule has 0 spiro atoms. The lowest BCUT2D eigenvalue weighted by Crippen LogP contribution is -2.06. The fraction of sp³-hybridized carbons (Fsp3) is 0.312. The zero-order chi connectivity index (χ0) is 14.8. The monoisotopic (exact) mass is 430 g/mol. The second kappa shape index (κ2) is 6.67. The van der Waals surface area contributed by atoms with Gasteiger partial charge >= 0.3 is 0 Å². The molecule has 2 nitrogen and oxygen atoms in total. The van der Waals surface area contributed by atoms with Crippen LogP contribution in [-0.4, -0.2) is 15.4 Å². The number of nitrogens with zero attached hydrogens (tertiary/aromatic N) is 2. The molecule has 21 heavy (non-hydrogen) atoms. The van der Waals surface area contributed by atoms with E-state index in [1.165, 1.54) is 19.5 Å². The van der Waals surface area contributed by atoms with Crippen LogP contribution in [0.25, 0.3) is 11.0 Å². The van der Waals surface area contributed by atoms with E-state index in [2.05, 4.69) is 63.7 Å². The molecule has 0 unspecified atom stereocenters. The molecule has 0 aliphatic heterocycles. The van der Waals surface area contributed by atoms with Gasteiger partial charge in [0.25, 0.3) is 0 Å².